The number of nitrogens with one attached hydrogen (secondary N) is 1. The molecule has 0 amide bonds. The summed E-state index contributed by atoms with van der Waals surface area (Å²) in [6.45, 7) is 2.05. The Morgan fingerprint density at radius 1 is 1.06 bits per heavy atom. The van der Waals surface area contributed by atoms with E-state index in [0.717, 1.165) is 24.2 Å². The van der Waals surface area contributed by atoms with Crippen LogP contribution in [-0.2, 0) is 6.42 Å². The van der Waals surface area contributed by atoms with Crippen LogP contribution in [0.1, 0.15) is 41.5 Å². The number of Topliss-reactive ketones (excluding diaryl/α,β-unsaturated/α-hetero) is 1. The Bertz CT molecular complexity index is 973. The van der Waals surface area contributed by atoms with Gasteiger partial charge in [-0.1, -0.05) is 25.5 Å². The Balaban J connectivity index is 1.73. The van der Waals surface area contributed by atoms with Crippen molar-refractivity contribution in [3.63, 3.8) is 0 Å². The molecule has 3 aromatic rings. The number of carbonyl (C=O) groups is 1. The molecule has 3 N–H and O–H groups in total. The number of hydrogen-bond donors (Lipinski definition) is 2. The van der Waals surface area contributed by atoms with Crippen molar-refractivity contribution >= 4 is 22.4 Å². The van der Waals surface area contributed by atoms with Crippen LogP contribution in [0.4, 0.5) is 5.13 Å². The summed E-state index contributed by atoms with van der Waals surface area (Å²) < 4.78 is 14.8. The number of hydrogen-bond acceptors (Lipinski definition) is 8. The van der Waals surface area contributed by atoms with E-state index in [1.165, 1.54) is 11.5 Å². The number of anilines is 1. The van der Waals surface area contributed by atoms with Crippen LogP contribution in [0.3, 0.4) is 0 Å². The molecular formula is C23H28N4O3S. The van der Waals surface area contributed by atoms with Crippen LogP contribution in [0.5, 0.6) is 11.5 Å². The number of nitrogens with zero attached hydrogens (tertiary/aromatic N) is 2. The second kappa shape index (κ2) is 10.9. The second-order valence-electron chi connectivity index (χ2n) is 7.21. The molecule has 2 aromatic carbocycles. The summed E-state index contributed by atoms with van der Waals surface area (Å²) in [5.41, 5.74) is 8.02. The molecule has 0 saturated carbocycles. The highest BCUT2D eigenvalue weighted by molar-refractivity contribution is 7.09. The second-order valence-corrected chi connectivity index (χ2v) is 7.96. The van der Waals surface area contributed by atoms with Crippen LogP contribution in [-0.4, -0.2) is 41.4 Å². The maximum atomic E-state index is 13.2. The monoisotopic (exact) mass is 440 g/mol. The summed E-state index contributed by atoms with van der Waals surface area (Å²) in [6.07, 6.45) is 2.20. The van der Waals surface area contributed by atoms with Crippen LogP contribution in [0, 0.1) is 0 Å². The van der Waals surface area contributed by atoms with Crippen LogP contribution in [0.2, 0.25) is 0 Å². The van der Waals surface area contributed by atoms with Crippen molar-refractivity contribution in [1.29, 1.82) is 0 Å². The van der Waals surface area contributed by atoms with E-state index in [1.54, 1.807) is 38.5 Å². The van der Waals surface area contributed by atoms with E-state index in [1.807, 2.05) is 31.2 Å². The number of ketones is 1. The number of ether oxygens (including phenoxy) is 2. The minimum absolute atomic E-state index is 0.0736. The first-order chi connectivity index (χ1) is 15.0. The van der Waals surface area contributed by atoms with Gasteiger partial charge in [0.25, 0.3) is 0 Å². The highest BCUT2D eigenvalue weighted by atomic mass is 32.1. The van der Waals surface area contributed by atoms with Crippen molar-refractivity contribution in [2.75, 3.05) is 19.5 Å². The predicted octanol–water partition coefficient (Wildman–Crippen LogP) is 3.94. The summed E-state index contributed by atoms with van der Waals surface area (Å²) in [5, 5.41) is 3.82. The Hall–Kier alpha value is -2.97. The van der Waals surface area contributed by atoms with Gasteiger partial charge in [-0.2, -0.15) is 4.37 Å². The lowest BCUT2D eigenvalue weighted by Gasteiger charge is -2.23. The zero-order valence-electron chi connectivity index (χ0n) is 18.0. The largest absolute Gasteiger partial charge is 0.497 e. The van der Waals surface area contributed by atoms with Gasteiger partial charge >= 0.3 is 0 Å². The van der Waals surface area contributed by atoms with Crippen molar-refractivity contribution in [1.82, 2.24) is 9.36 Å². The SMILES string of the molecule is CCCC(N)C(Nc1nc(Cc2ccc(OC)cc2)ns1)C(=O)c1ccc(OC)cc1. The molecule has 0 aliphatic rings. The number of rotatable bonds is 11. The smallest absolute Gasteiger partial charge is 0.203 e. The average Bonchev–Trinajstić information content (AvgIpc) is 3.24. The molecule has 0 radical (unpaired) electrons. The fourth-order valence-electron chi connectivity index (χ4n) is 3.25. The van der Waals surface area contributed by atoms with E-state index in [0.29, 0.717) is 28.7 Å². The molecule has 164 valence electrons. The molecule has 3 rings (SSSR count). The average molecular weight is 441 g/mol. The minimum Gasteiger partial charge on any atom is -0.497 e. The van der Waals surface area contributed by atoms with Gasteiger partial charge in [-0.3, -0.25) is 4.79 Å². The molecule has 2 atom stereocenters. The first-order valence-electron chi connectivity index (χ1n) is 10.2. The Kier molecular flexibility index (Phi) is 7.97. The highest BCUT2D eigenvalue weighted by Gasteiger charge is 2.27. The molecular weight excluding hydrogens is 412 g/mol. The van der Waals surface area contributed by atoms with Gasteiger partial charge in [0.15, 0.2) is 5.78 Å². The minimum atomic E-state index is -0.588. The molecule has 0 saturated heterocycles. The Morgan fingerprint density at radius 2 is 1.68 bits per heavy atom. The molecule has 1 heterocycles. The van der Waals surface area contributed by atoms with Gasteiger partial charge in [0, 0.05) is 29.6 Å². The third kappa shape index (κ3) is 6.02. The third-order valence-electron chi connectivity index (χ3n) is 4.98. The molecule has 2 unspecified atom stereocenters. The Labute approximate surface area is 186 Å². The number of carbonyl (C=O) groups excluding carboxylic acids is 1. The van der Waals surface area contributed by atoms with Crippen LogP contribution in [0.25, 0.3) is 0 Å². The fourth-order valence-corrected chi connectivity index (χ4v) is 3.87. The van der Waals surface area contributed by atoms with Gasteiger partial charge < -0.3 is 20.5 Å². The number of methoxy groups -OCH3 is 2. The van der Waals surface area contributed by atoms with Crippen molar-refractivity contribution < 1.29 is 14.3 Å². The molecule has 8 heteroatoms. The van der Waals surface area contributed by atoms with Crippen molar-refractivity contribution in [3.05, 3.63) is 65.5 Å². The fraction of sp³-hybridized carbons (Fsp3) is 0.348. The predicted molar refractivity (Wildman–Crippen MR) is 123 cm³/mol. The number of aromatic nitrogens is 2. The maximum absolute atomic E-state index is 13.2. The van der Waals surface area contributed by atoms with Crippen molar-refractivity contribution in [2.24, 2.45) is 5.73 Å². The third-order valence-corrected chi connectivity index (χ3v) is 5.66. The molecule has 0 aliphatic carbocycles. The zero-order valence-corrected chi connectivity index (χ0v) is 18.8. The maximum Gasteiger partial charge on any atom is 0.203 e. The quantitative estimate of drug-likeness (QED) is 0.436. The standard InChI is InChI=1S/C23H28N4O3S/c1-4-5-19(24)21(22(28)16-8-12-18(30-3)13-9-16)26-23-25-20(27-31-23)14-15-6-10-17(29-2)11-7-15/h6-13,19,21H,4-5,14,24H2,1-3H3,(H,25,26,27). The first kappa shape index (κ1) is 22.7. The van der Waals surface area contributed by atoms with E-state index in [2.05, 4.69) is 14.7 Å². The molecule has 31 heavy (non-hydrogen) atoms. The molecule has 0 fully saturated rings. The van der Waals surface area contributed by atoms with Crippen molar-refractivity contribution in [3.8, 4) is 11.5 Å². The molecule has 0 bridgehead atoms. The van der Waals surface area contributed by atoms with E-state index in [4.69, 9.17) is 15.2 Å². The van der Waals surface area contributed by atoms with Gasteiger partial charge in [-0.05, 0) is 48.4 Å². The molecule has 7 nitrogen and oxygen atoms in total. The zero-order chi connectivity index (χ0) is 22.2. The lowest BCUT2D eigenvalue weighted by atomic mass is 9.95. The lowest BCUT2D eigenvalue weighted by molar-refractivity contribution is 0.0957. The highest BCUT2D eigenvalue weighted by Crippen LogP contribution is 2.21. The van der Waals surface area contributed by atoms with Gasteiger partial charge in [0.2, 0.25) is 5.13 Å². The van der Waals surface area contributed by atoms with Gasteiger partial charge in [0.05, 0.1) is 14.2 Å². The Morgan fingerprint density at radius 3 is 2.26 bits per heavy atom. The van der Waals surface area contributed by atoms with E-state index in [-0.39, 0.29) is 11.8 Å². The molecule has 0 aliphatic heterocycles. The van der Waals surface area contributed by atoms with E-state index >= 15 is 0 Å². The van der Waals surface area contributed by atoms with Crippen LogP contribution >= 0.6 is 11.5 Å². The van der Waals surface area contributed by atoms with Gasteiger partial charge in [0.1, 0.15) is 23.4 Å². The molecule has 1 aromatic heterocycles. The summed E-state index contributed by atoms with van der Waals surface area (Å²) in [5.74, 6) is 2.13. The lowest BCUT2D eigenvalue weighted by Crippen LogP contribution is -2.46. The number of nitrogens with two attached hydrogens (primary N) is 1. The summed E-state index contributed by atoms with van der Waals surface area (Å²) in [7, 11) is 3.24. The van der Waals surface area contributed by atoms with Gasteiger partial charge in [-0.15, -0.1) is 0 Å². The summed E-state index contributed by atoms with van der Waals surface area (Å²) >= 11 is 1.23. The topological polar surface area (TPSA) is 99.4 Å². The van der Waals surface area contributed by atoms with Gasteiger partial charge in [-0.25, -0.2) is 4.98 Å². The summed E-state index contributed by atoms with van der Waals surface area (Å²) in [4.78, 5) is 17.8. The first-order valence-corrected chi connectivity index (χ1v) is 11.0. The van der Waals surface area contributed by atoms with Crippen molar-refractivity contribution in [2.45, 2.75) is 38.3 Å². The van der Waals surface area contributed by atoms with E-state index < -0.39 is 6.04 Å². The molecule has 0 spiro atoms. The number of benzene rings is 2. The van der Waals surface area contributed by atoms with Crippen LogP contribution < -0.4 is 20.5 Å². The normalized spacial score (nSPS) is 12.8. The summed E-state index contributed by atoms with van der Waals surface area (Å²) in [6, 6.07) is 13.9. The van der Waals surface area contributed by atoms with Crippen LogP contribution in [0.15, 0.2) is 48.5 Å². The van der Waals surface area contributed by atoms with E-state index in [9.17, 15) is 4.79 Å².